The molecule has 1 heterocycles. The Labute approximate surface area is 100.0 Å². The molecule has 0 aromatic rings. The van der Waals surface area contributed by atoms with Gasteiger partial charge in [-0.25, -0.2) is 8.78 Å². The Morgan fingerprint density at radius 2 is 2.18 bits per heavy atom. The van der Waals surface area contributed by atoms with E-state index in [1.807, 2.05) is 0 Å². The maximum absolute atomic E-state index is 12.1. The molecule has 1 rings (SSSR count). The van der Waals surface area contributed by atoms with Crippen molar-refractivity contribution in [3.63, 3.8) is 0 Å². The van der Waals surface area contributed by atoms with Gasteiger partial charge in [-0.1, -0.05) is 0 Å². The SMILES string of the molecule is CC(=O)N1CC(NCC(F)F)CC(C(C)O)C1. The van der Waals surface area contributed by atoms with E-state index >= 15 is 0 Å². The summed E-state index contributed by atoms with van der Waals surface area (Å²) >= 11 is 0. The number of aliphatic hydroxyl groups is 1. The molecule has 1 aliphatic heterocycles. The molecule has 0 radical (unpaired) electrons. The van der Waals surface area contributed by atoms with Crippen LogP contribution in [0.1, 0.15) is 20.3 Å². The summed E-state index contributed by atoms with van der Waals surface area (Å²) in [5, 5.41) is 12.3. The highest BCUT2D eigenvalue weighted by Gasteiger charge is 2.31. The molecule has 0 aromatic carbocycles. The molecule has 0 saturated carbocycles. The summed E-state index contributed by atoms with van der Waals surface area (Å²) in [6.45, 7) is 3.68. The van der Waals surface area contributed by atoms with Crippen LogP contribution in [-0.4, -0.2) is 54.1 Å². The number of likely N-dealkylation sites (tertiary alicyclic amines) is 1. The fourth-order valence-electron chi connectivity index (χ4n) is 2.15. The highest BCUT2D eigenvalue weighted by molar-refractivity contribution is 5.73. The Hall–Kier alpha value is -0.750. The number of nitrogens with one attached hydrogen (secondary N) is 1. The number of hydrogen-bond donors (Lipinski definition) is 2. The van der Waals surface area contributed by atoms with Gasteiger partial charge in [0.1, 0.15) is 0 Å². The summed E-state index contributed by atoms with van der Waals surface area (Å²) in [5.74, 6) is -0.137. The number of hydrogen-bond acceptors (Lipinski definition) is 3. The van der Waals surface area contributed by atoms with Crippen LogP contribution >= 0.6 is 0 Å². The number of nitrogens with zero attached hydrogens (tertiary/aromatic N) is 1. The predicted molar refractivity (Wildman–Crippen MR) is 59.8 cm³/mol. The fraction of sp³-hybridized carbons (Fsp3) is 0.909. The number of aliphatic hydroxyl groups excluding tert-OH is 1. The summed E-state index contributed by atoms with van der Waals surface area (Å²) in [6, 6.07) is -0.166. The molecule has 1 amide bonds. The van der Waals surface area contributed by atoms with Gasteiger partial charge in [0.05, 0.1) is 12.6 Å². The third-order valence-electron chi connectivity index (χ3n) is 3.17. The predicted octanol–water partition coefficient (Wildman–Crippen LogP) is 0.459. The second-order valence-corrected chi connectivity index (χ2v) is 4.66. The van der Waals surface area contributed by atoms with Gasteiger partial charge in [0.2, 0.25) is 5.91 Å². The van der Waals surface area contributed by atoms with E-state index in [1.165, 1.54) is 6.92 Å². The van der Waals surface area contributed by atoms with Gasteiger partial charge in [-0.05, 0) is 13.3 Å². The molecular formula is C11H20F2N2O2. The van der Waals surface area contributed by atoms with Crippen LogP contribution in [0.3, 0.4) is 0 Å². The molecule has 6 heteroatoms. The second kappa shape index (κ2) is 6.26. The molecule has 3 unspecified atom stereocenters. The third kappa shape index (κ3) is 4.55. The summed E-state index contributed by atoms with van der Waals surface area (Å²) in [4.78, 5) is 12.9. The molecule has 0 aromatic heterocycles. The zero-order valence-corrected chi connectivity index (χ0v) is 10.2. The lowest BCUT2D eigenvalue weighted by Gasteiger charge is -2.39. The van der Waals surface area contributed by atoms with E-state index in [1.54, 1.807) is 11.8 Å². The van der Waals surface area contributed by atoms with Crippen molar-refractivity contribution >= 4 is 5.91 Å². The van der Waals surface area contributed by atoms with Gasteiger partial charge in [0.25, 0.3) is 6.43 Å². The first-order chi connectivity index (χ1) is 7.90. The number of piperidine rings is 1. The molecule has 2 N–H and O–H groups in total. The summed E-state index contributed by atoms with van der Waals surface area (Å²) in [7, 11) is 0. The Balaban J connectivity index is 2.55. The molecule has 17 heavy (non-hydrogen) atoms. The second-order valence-electron chi connectivity index (χ2n) is 4.66. The van der Waals surface area contributed by atoms with E-state index in [0.29, 0.717) is 19.5 Å². The lowest BCUT2D eigenvalue weighted by atomic mass is 9.90. The minimum absolute atomic E-state index is 0.0529. The Bertz CT molecular complexity index is 262. The van der Waals surface area contributed by atoms with Crippen LogP contribution in [0.15, 0.2) is 0 Å². The molecular weight excluding hydrogens is 230 g/mol. The largest absolute Gasteiger partial charge is 0.393 e. The van der Waals surface area contributed by atoms with Crippen molar-refractivity contribution in [1.82, 2.24) is 10.2 Å². The van der Waals surface area contributed by atoms with Gasteiger partial charge < -0.3 is 15.3 Å². The number of carbonyl (C=O) groups is 1. The normalized spacial score (nSPS) is 27.3. The van der Waals surface area contributed by atoms with Gasteiger partial charge in [-0.3, -0.25) is 4.79 Å². The van der Waals surface area contributed by atoms with Crippen LogP contribution in [0, 0.1) is 5.92 Å². The number of halogens is 2. The van der Waals surface area contributed by atoms with Crippen LogP contribution in [0.5, 0.6) is 0 Å². The molecule has 0 spiro atoms. The average Bonchev–Trinajstić information content (AvgIpc) is 2.25. The summed E-state index contributed by atoms with van der Waals surface area (Å²) in [5.41, 5.74) is 0. The maximum atomic E-state index is 12.1. The zero-order chi connectivity index (χ0) is 13.0. The van der Waals surface area contributed by atoms with Crippen LogP contribution < -0.4 is 5.32 Å². The molecule has 1 saturated heterocycles. The highest BCUT2D eigenvalue weighted by Crippen LogP contribution is 2.20. The van der Waals surface area contributed by atoms with Crippen molar-refractivity contribution in [2.24, 2.45) is 5.92 Å². The van der Waals surface area contributed by atoms with E-state index in [0.717, 1.165) is 0 Å². The van der Waals surface area contributed by atoms with E-state index < -0.39 is 12.5 Å². The van der Waals surface area contributed by atoms with Crippen molar-refractivity contribution < 1.29 is 18.7 Å². The standard InChI is InChI=1S/C11H20F2N2O2/c1-7(16)9-3-10(14-4-11(12)13)6-15(5-9)8(2)17/h7,9-11,14,16H,3-6H2,1-2H3. The topological polar surface area (TPSA) is 52.6 Å². The van der Waals surface area contributed by atoms with Crippen molar-refractivity contribution in [3.05, 3.63) is 0 Å². The monoisotopic (exact) mass is 250 g/mol. The van der Waals surface area contributed by atoms with E-state index in [9.17, 15) is 18.7 Å². The number of rotatable bonds is 4. The smallest absolute Gasteiger partial charge is 0.250 e. The molecule has 3 atom stereocenters. The maximum Gasteiger partial charge on any atom is 0.250 e. The van der Waals surface area contributed by atoms with Gasteiger partial charge in [-0.15, -0.1) is 0 Å². The van der Waals surface area contributed by atoms with Crippen LogP contribution in [0.2, 0.25) is 0 Å². The first-order valence-corrected chi connectivity index (χ1v) is 5.85. The molecule has 1 fully saturated rings. The van der Waals surface area contributed by atoms with Gasteiger partial charge in [0.15, 0.2) is 0 Å². The molecule has 4 nitrogen and oxygen atoms in total. The summed E-state index contributed by atoms with van der Waals surface area (Å²) in [6.07, 6.45) is -2.31. The number of carbonyl (C=O) groups excluding carboxylic acids is 1. The number of alkyl halides is 2. The van der Waals surface area contributed by atoms with E-state index in [2.05, 4.69) is 5.32 Å². The lowest BCUT2D eigenvalue weighted by molar-refractivity contribution is -0.132. The Morgan fingerprint density at radius 1 is 1.53 bits per heavy atom. The lowest BCUT2D eigenvalue weighted by Crippen LogP contribution is -2.53. The van der Waals surface area contributed by atoms with Crippen LogP contribution in [0.25, 0.3) is 0 Å². The van der Waals surface area contributed by atoms with Crippen LogP contribution in [0.4, 0.5) is 8.78 Å². The minimum Gasteiger partial charge on any atom is -0.393 e. The van der Waals surface area contributed by atoms with E-state index in [4.69, 9.17) is 0 Å². The molecule has 100 valence electrons. The fourth-order valence-corrected chi connectivity index (χ4v) is 2.15. The van der Waals surface area contributed by atoms with Gasteiger partial charge >= 0.3 is 0 Å². The molecule has 0 bridgehead atoms. The van der Waals surface area contributed by atoms with Gasteiger partial charge in [-0.2, -0.15) is 0 Å². The first-order valence-electron chi connectivity index (χ1n) is 5.85. The zero-order valence-electron chi connectivity index (χ0n) is 10.2. The van der Waals surface area contributed by atoms with Crippen molar-refractivity contribution in [2.45, 2.75) is 38.8 Å². The third-order valence-corrected chi connectivity index (χ3v) is 3.17. The number of amides is 1. The minimum atomic E-state index is -2.40. The Kier molecular flexibility index (Phi) is 5.27. The molecule has 0 aliphatic carbocycles. The van der Waals surface area contributed by atoms with Gasteiger partial charge in [0, 0.05) is 32.0 Å². The quantitative estimate of drug-likeness (QED) is 0.762. The Morgan fingerprint density at radius 3 is 2.65 bits per heavy atom. The highest BCUT2D eigenvalue weighted by atomic mass is 19.3. The van der Waals surface area contributed by atoms with Crippen molar-refractivity contribution in [2.75, 3.05) is 19.6 Å². The van der Waals surface area contributed by atoms with Crippen molar-refractivity contribution in [3.8, 4) is 0 Å². The first kappa shape index (κ1) is 14.3. The summed E-state index contributed by atoms with van der Waals surface area (Å²) < 4.78 is 24.2. The van der Waals surface area contributed by atoms with E-state index in [-0.39, 0.29) is 24.4 Å². The average molecular weight is 250 g/mol. The molecule has 1 aliphatic rings. The van der Waals surface area contributed by atoms with Crippen LogP contribution in [-0.2, 0) is 4.79 Å². The van der Waals surface area contributed by atoms with Crippen molar-refractivity contribution in [1.29, 1.82) is 0 Å².